The third-order valence-electron chi connectivity index (χ3n) is 2.19. The highest BCUT2D eigenvalue weighted by Gasteiger charge is 2.28. The number of sulfonamides is 1. The van der Waals surface area contributed by atoms with Gasteiger partial charge < -0.3 is 0 Å². The van der Waals surface area contributed by atoms with Crippen LogP contribution in [0.15, 0.2) is 6.20 Å². The molecule has 86 valence electrons. The van der Waals surface area contributed by atoms with Gasteiger partial charge in [-0.1, -0.05) is 0 Å². The normalized spacial score (nSPS) is 13.1. The highest BCUT2D eigenvalue weighted by atomic mass is 32.2. The van der Waals surface area contributed by atoms with Gasteiger partial charge in [-0.05, 0) is 27.7 Å². The molecule has 0 bridgehead atoms. The molecule has 0 unspecified atom stereocenters. The molecule has 6 heteroatoms. The predicted molar refractivity (Wildman–Crippen MR) is 58.8 cm³/mol. The Morgan fingerprint density at radius 3 is 2.47 bits per heavy atom. The summed E-state index contributed by atoms with van der Waals surface area (Å²) < 4.78 is 25.2. The molecule has 0 aromatic carbocycles. The smallest absolute Gasteiger partial charge is 0.216 e. The summed E-state index contributed by atoms with van der Waals surface area (Å²) in [6.45, 7) is 7.13. The van der Waals surface area contributed by atoms with Gasteiger partial charge >= 0.3 is 0 Å². The van der Waals surface area contributed by atoms with E-state index in [-0.39, 0.29) is 6.54 Å². The molecule has 0 spiro atoms. The Kier molecular flexibility index (Phi) is 3.20. The fourth-order valence-electron chi connectivity index (χ4n) is 0.943. The zero-order valence-electron chi connectivity index (χ0n) is 9.46. The van der Waals surface area contributed by atoms with Gasteiger partial charge in [0.05, 0.1) is 10.9 Å². The van der Waals surface area contributed by atoms with Crippen LogP contribution in [-0.2, 0) is 16.6 Å². The molecule has 0 aliphatic rings. The van der Waals surface area contributed by atoms with Gasteiger partial charge in [-0.25, -0.2) is 13.1 Å². The van der Waals surface area contributed by atoms with Crippen LogP contribution in [0.25, 0.3) is 0 Å². The third-order valence-corrected chi connectivity index (χ3v) is 4.33. The topological polar surface area (TPSA) is 74.8 Å². The lowest BCUT2D eigenvalue weighted by atomic mass is 10.3. The zero-order valence-corrected chi connectivity index (χ0v) is 10.3. The fourth-order valence-corrected chi connectivity index (χ4v) is 1.72. The first kappa shape index (κ1) is 12.2. The van der Waals surface area contributed by atoms with E-state index < -0.39 is 14.8 Å². The Labute approximate surface area is 90.3 Å². The van der Waals surface area contributed by atoms with Crippen molar-refractivity contribution < 1.29 is 8.42 Å². The number of aromatic amines is 1. The first-order valence-electron chi connectivity index (χ1n) is 4.72. The van der Waals surface area contributed by atoms with Crippen LogP contribution in [0.2, 0.25) is 0 Å². The average Bonchev–Trinajstić information content (AvgIpc) is 2.46. The van der Waals surface area contributed by atoms with Crippen LogP contribution < -0.4 is 4.72 Å². The Balaban J connectivity index is 2.71. The first-order chi connectivity index (χ1) is 6.74. The molecule has 1 rings (SSSR count). The molecular weight excluding hydrogens is 214 g/mol. The van der Waals surface area contributed by atoms with E-state index in [1.807, 2.05) is 6.92 Å². The second-order valence-electron chi connectivity index (χ2n) is 4.46. The van der Waals surface area contributed by atoms with E-state index >= 15 is 0 Å². The van der Waals surface area contributed by atoms with Gasteiger partial charge in [0.15, 0.2) is 0 Å². The molecular formula is C9H17N3O2S. The predicted octanol–water partition coefficient (Wildman–Crippen LogP) is 0.936. The van der Waals surface area contributed by atoms with Crippen molar-refractivity contribution in [3.05, 3.63) is 17.5 Å². The summed E-state index contributed by atoms with van der Waals surface area (Å²) in [7, 11) is -3.28. The molecule has 0 saturated heterocycles. The summed E-state index contributed by atoms with van der Waals surface area (Å²) in [5.74, 6) is 0. The van der Waals surface area contributed by atoms with Crippen LogP contribution in [0, 0.1) is 6.92 Å². The highest BCUT2D eigenvalue weighted by molar-refractivity contribution is 7.90. The SMILES string of the molecule is Cc1[nH]ncc1CNS(=O)(=O)C(C)(C)C. The summed E-state index contributed by atoms with van der Waals surface area (Å²) >= 11 is 0. The lowest BCUT2D eigenvalue weighted by molar-refractivity contribution is 0.544. The monoisotopic (exact) mass is 231 g/mol. The van der Waals surface area contributed by atoms with Gasteiger partial charge in [0, 0.05) is 17.8 Å². The van der Waals surface area contributed by atoms with Crippen LogP contribution in [-0.4, -0.2) is 23.4 Å². The number of H-pyrrole nitrogens is 1. The number of hydrogen-bond acceptors (Lipinski definition) is 3. The van der Waals surface area contributed by atoms with Crippen molar-refractivity contribution in [2.75, 3.05) is 0 Å². The summed E-state index contributed by atoms with van der Waals surface area (Å²) in [4.78, 5) is 0. The fraction of sp³-hybridized carbons (Fsp3) is 0.667. The molecule has 5 nitrogen and oxygen atoms in total. The Morgan fingerprint density at radius 1 is 1.47 bits per heavy atom. The number of rotatable bonds is 3. The van der Waals surface area contributed by atoms with Crippen molar-refractivity contribution in [1.29, 1.82) is 0 Å². The lowest BCUT2D eigenvalue weighted by Gasteiger charge is -2.19. The van der Waals surface area contributed by atoms with E-state index in [9.17, 15) is 8.42 Å². The Hall–Kier alpha value is -0.880. The minimum Gasteiger partial charge on any atom is -0.283 e. The molecule has 15 heavy (non-hydrogen) atoms. The first-order valence-corrected chi connectivity index (χ1v) is 6.20. The van der Waals surface area contributed by atoms with Crippen molar-refractivity contribution in [3.63, 3.8) is 0 Å². The lowest BCUT2D eigenvalue weighted by Crippen LogP contribution is -2.38. The number of nitrogens with one attached hydrogen (secondary N) is 2. The second kappa shape index (κ2) is 3.94. The second-order valence-corrected chi connectivity index (χ2v) is 6.98. The van der Waals surface area contributed by atoms with Crippen LogP contribution in [0.4, 0.5) is 0 Å². The van der Waals surface area contributed by atoms with Gasteiger partial charge in [-0.3, -0.25) is 5.10 Å². The van der Waals surface area contributed by atoms with Crippen LogP contribution in [0.3, 0.4) is 0 Å². The van der Waals surface area contributed by atoms with E-state index in [2.05, 4.69) is 14.9 Å². The zero-order chi connectivity index (χ0) is 11.7. The third kappa shape index (κ3) is 2.79. The van der Waals surface area contributed by atoms with Crippen molar-refractivity contribution in [2.24, 2.45) is 0 Å². The molecule has 0 aliphatic carbocycles. The maximum Gasteiger partial charge on any atom is 0.216 e. The molecule has 1 aromatic rings. The van der Waals surface area contributed by atoms with Crippen molar-refractivity contribution in [1.82, 2.24) is 14.9 Å². The minimum atomic E-state index is -3.28. The van der Waals surface area contributed by atoms with E-state index in [0.717, 1.165) is 11.3 Å². The van der Waals surface area contributed by atoms with Gasteiger partial charge in [0.2, 0.25) is 10.0 Å². The van der Waals surface area contributed by atoms with Gasteiger partial charge in [0.25, 0.3) is 0 Å². The summed E-state index contributed by atoms with van der Waals surface area (Å²) in [6.07, 6.45) is 1.63. The van der Waals surface area contributed by atoms with E-state index in [1.165, 1.54) is 0 Å². The van der Waals surface area contributed by atoms with E-state index in [1.54, 1.807) is 27.0 Å². The molecule has 2 N–H and O–H groups in total. The maximum atomic E-state index is 11.7. The molecule has 0 amide bonds. The number of aryl methyl sites for hydroxylation is 1. The maximum absolute atomic E-state index is 11.7. The average molecular weight is 231 g/mol. The molecule has 1 heterocycles. The van der Waals surface area contributed by atoms with Crippen molar-refractivity contribution in [2.45, 2.75) is 39.0 Å². The molecule has 0 saturated carbocycles. The number of hydrogen-bond donors (Lipinski definition) is 2. The van der Waals surface area contributed by atoms with E-state index in [4.69, 9.17) is 0 Å². The standard InChI is InChI=1S/C9H17N3O2S/c1-7-8(5-10-12-7)6-11-15(13,14)9(2,3)4/h5,11H,6H2,1-4H3,(H,10,12). The largest absolute Gasteiger partial charge is 0.283 e. The molecule has 0 atom stereocenters. The van der Waals surface area contributed by atoms with Crippen molar-refractivity contribution >= 4 is 10.0 Å². The molecule has 0 radical (unpaired) electrons. The Morgan fingerprint density at radius 2 is 2.07 bits per heavy atom. The summed E-state index contributed by atoms with van der Waals surface area (Å²) in [5, 5.41) is 6.58. The van der Waals surface area contributed by atoms with Crippen molar-refractivity contribution in [3.8, 4) is 0 Å². The molecule has 0 fully saturated rings. The summed E-state index contributed by atoms with van der Waals surface area (Å²) in [6, 6.07) is 0. The van der Waals surface area contributed by atoms with Gasteiger partial charge in [-0.2, -0.15) is 5.10 Å². The van der Waals surface area contributed by atoms with Gasteiger partial charge in [-0.15, -0.1) is 0 Å². The van der Waals surface area contributed by atoms with Crippen LogP contribution in [0.1, 0.15) is 32.0 Å². The summed E-state index contributed by atoms with van der Waals surface area (Å²) in [5.41, 5.74) is 1.74. The highest BCUT2D eigenvalue weighted by Crippen LogP contribution is 2.14. The molecule has 1 aromatic heterocycles. The quantitative estimate of drug-likeness (QED) is 0.812. The van der Waals surface area contributed by atoms with E-state index in [0.29, 0.717) is 0 Å². The van der Waals surface area contributed by atoms with Crippen LogP contribution >= 0.6 is 0 Å². The minimum absolute atomic E-state index is 0.280. The van der Waals surface area contributed by atoms with Gasteiger partial charge in [0.1, 0.15) is 0 Å². The Bertz CT molecular complexity index is 428. The number of nitrogens with zero attached hydrogens (tertiary/aromatic N) is 1. The number of aromatic nitrogens is 2. The molecule has 0 aliphatic heterocycles. The van der Waals surface area contributed by atoms with Crippen LogP contribution in [0.5, 0.6) is 0 Å².